The van der Waals surface area contributed by atoms with Gasteiger partial charge in [-0.2, -0.15) is 0 Å². The number of benzene rings is 3. The first-order valence-corrected chi connectivity index (χ1v) is 11.4. The Hall–Kier alpha value is -4.12. The lowest BCUT2D eigenvalue weighted by Gasteiger charge is -2.19. The fraction of sp³-hybridized carbons (Fsp3) is 0.172. The molecule has 170 valence electrons. The van der Waals surface area contributed by atoms with Gasteiger partial charge in [0.2, 0.25) is 0 Å². The number of hydrogen-bond donors (Lipinski definition) is 1. The lowest BCUT2D eigenvalue weighted by atomic mass is 10.1. The van der Waals surface area contributed by atoms with Crippen LogP contribution >= 0.6 is 0 Å². The van der Waals surface area contributed by atoms with Crippen molar-refractivity contribution < 1.29 is 4.74 Å². The quantitative estimate of drug-likeness (QED) is 0.302. The van der Waals surface area contributed by atoms with Gasteiger partial charge < -0.3 is 14.6 Å². The minimum atomic E-state index is 0.0831. The molecule has 5 rings (SSSR count). The summed E-state index contributed by atoms with van der Waals surface area (Å²) in [5, 5.41) is 4.51. The molecule has 0 aliphatic rings. The Bertz CT molecular complexity index is 1420. The molecule has 2 aromatic heterocycles. The van der Waals surface area contributed by atoms with Gasteiger partial charge in [0.15, 0.2) is 0 Å². The van der Waals surface area contributed by atoms with Gasteiger partial charge in [-0.3, -0.25) is 0 Å². The molecule has 0 aliphatic carbocycles. The number of methoxy groups -OCH3 is 1. The summed E-state index contributed by atoms with van der Waals surface area (Å²) in [7, 11) is 1.68. The van der Waals surface area contributed by atoms with Crippen molar-refractivity contribution in [3.8, 4) is 17.0 Å². The van der Waals surface area contributed by atoms with Crippen molar-refractivity contribution in [1.29, 1.82) is 0 Å². The highest BCUT2D eigenvalue weighted by molar-refractivity contribution is 5.94. The first-order valence-electron chi connectivity index (χ1n) is 11.4. The van der Waals surface area contributed by atoms with E-state index in [1.165, 1.54) is 16.7 Å². The third-order valence-electron chi connectivity index (χ3n) is 6.17. The normalized spacial score (nSPS) is 12.0. The van der Waals surface area contributed by atoms with E-state index in [0.29, 0.717) is 0 Å². The molecular weight excluding hydrogens is 420 g/mol. The van der Waals surface area contributed by atoms with Crippen molar-refractivity contribution in [3.63, 3.8) is 0 Å². The van der Waals surface area contributed by atoms with Crippen LogP contribution in [0.4, 0.5) is 11.5 Å². The third kappa shape index (κ3) is 4.13. The van der Waals surface area contributed by atoms with Crippen LogP contribution in [0.3, 0.4) is 0 Å². The summed E-state index contributed by atoms with van der Waals surface area (Å²) in [6.07, 6.45) is 1.64. The van der Waals surface area contributed by atoms with Crippen molar-refractivity contribution in [2.45, 2.75) is 26.8 Å². The highest BCUT2D eigenvalue weighted by Gasteiger charge is 2.20. The summed E-state index contributed by atoms with van der Waals surface area (Å²) in [5.41, 5.74) is 7.73. The van der Waals surface area contributed by atoms with E-state index in [9.17, 15) is 0 Å². The van der Waals surface area contributed by atoms with E-state index in [0.717, 1.165) is 39.5 Å². The highest BCUT2D eigenvalue weighted by Crippen LogP contribution is 2.36. The van der Waals surface area contributed by atoms with Crippen molar-refractivity contribution in [3.05, 3.63) is 102 Å². The summed E-state index contributed by atoms with van der Waals surface area (Å²) in [4.78, 5) is 9.35. The van der Waals surface area contributed by atoms with Crippen LogP contribution in [0.25, 0.3) is 22.3 Å². The van der Waals surface area contributed by atoms with E-state index in [4.69, 9.17) is 9.72 Å². The number of aryl methyl sites for hydroxylation is 2. The zero-order valence-electron chi connectivity index (χ0n) is 19.9. The molecule has 0 amide bonds. The van der Waals surface area contributed by atoms with Crippen LogP contribution < -0.4 is 10.1 Å². The van der Waals surface area contributed by atoms with Gasteiger partial charge in [-0.1, -0.05) is 36.4 Å². The SMILES string of the molecule is COc1ccc(-c2cc3c(Nc4cc(C)cc(C)c4)ncnc3n2C(C)c2ccccc2)cc1. The van der Waals surface area contributed by atoms with E-state index >= 15 is 0 Å². The van der Waals surface area contributed by atoms with Crippen LogP contribution in [0.2, 0.25) is 0 Å². The predicted octanol–water partition coefficient (Wildman–Crippen LogP) is 7.08. The number of ether oxygens (including phenoxy) is 1. The number of hydrogen-bond acceptors (Lipinski definition) is 4. The first-order chi connectivity index (χ1) is 16.5. The smallest absolute Gasteiger partial charge is 0.146 e. The Morgan fingerprint density at radius 3 is 2.24 bits per heavy atom. The van der Waals surface area contributed by atoms with Gasteiger partial charge in [-0.15, -0.1) is 0 Å². The number of nitrogens with one attached hydrogen (secondary N) is 1. The maximum absolute atomic E-state index is 5.38. The van der Waals surface area contributed by atoms with Crippen LogP contribution in [0.5, 0.6) is 5.75 Å². The Morgan fingerprint density at radius 1 is 0.853 bits per heavy atom. The van der Waals surface area contributed by atoms with Gasteiger partial charge in [0.1, 0.15) is 23.5 Å². The summed E-state index contributed by atoms with van der Waals surface area (Å²) in [6.45, 7) is 6.42. The van der Waals surface area contributed by atoms with Crippen LogP contribution in [0.15, 0.2) is 85.2 Å². The largest absolute Gasteiger partial charge is 0.497 e. The monoisotopic (exact) mass is 448 g/mol. The topological polar surface area (TPSA) is 52.0 Å². The average molecular weight is 449 g/mol. The second kappa shape index (κ2) is 9.02. The van der Waals surface area contributed by atoms with E-state index in [-0.39, 0.29) is 6.04 Å². The van der Waals surface area contributed by atoms with E-state index in [1.807, 2.05) is 18.2 Å². The van der Waals surface area contributed by atoms with Gasteiger partial charge in [0.25, 0.3) is 0 Å². The molecule has 5 heteroatoms. The predicted molar refractivity (Wildman–Crippen MR) is 139 cm³/mol. The molecular formula is C29H28N4O. The zero-order valence-corrected chi connectivity index (χ0v) is 19.9. The van der Waals surface area contributed by atoms with Crippen LogP contribution in [-0.4, -0.2) is 21.6 Å². The van der Waals surface area contributed by atoms with Gasteiger partial charge in [-0.05, 0) is 85.5 Å². The van der Waals surface area contributed by atoms with Crippen molar-refractivity contribution in [2.75, 3.05) is 12.4 Å². The molecule has 1 N–H and O–H groups in total. The van der Waals surface area contributed by atoms with Crippen LogP contribution in [-0.2, 0) is 0 Å². The van der Waals surface area contributed by atoms with Crippen LogP contribution in [0.1, 0.15) is 29.7 Å². The van der Waals surface area contributed by atoms with Crippen LogP contribution in [0, 0.1) is 13.8 Å². The second-order valence-electron chi connectivity index (χ2n) is 8.68. The Labute approximate surface area is 200 Å². The van der Waals surface area contributed by atoms with Gasteiger partial charge >= 0.3 is 0 Å². The Kier molecular flexibility index (Phi) is 5.76. The van der Waals surface area contributed by atoms with E-state index in [1.54, 1.807) is 13.4 Å². The summed E-state index contributed by atoms with van der Waals surface area (Å²) < 4.78 is 7.67. The van der Waals surface area contributed by atoms with Crippen molar-refractivity contribution >= 4 is 22.5 Å². The van der Waals surface area contributed by atoms with E-state index < -0.39 is 0 Å². The molecule has 0 saturated carbocycles. The average Bonchev–Trinajstić information content (AvgIpc) is 3.24. The maximum atomic E-state index is 5.38. The fourth-order valence-corrected chi connectivity index (χ4v) is 4.57. The van der Waals surface area contributed by atoms with Gasteiger partial charge in [-0.25, -0.2) is 9.97 Å². The minimum absolute atomic E-state index is 0.0831. The molecule has 34 heavy (non-hydrogen) atoms. The molecule has 1 unspecified atom stereocenters. The lowest BCUT2D eigenvalue weighted by Crippen LogP contribution is -2.09. The standard InChI is InChI=1S/C29H28N4O/c1-19-14-20(2)16-24(15-19)32-28-26-17-27(23-10-12-25(34-4)13-11-23)33(29(26)31-18-30-28)21(3)22-8-6-5-7-9-22/h5-18,21H,1-4H3,(H,30,31,32). The number of fused-ring (bicyclic) bond motifs is 1. The molecule has 0 spiro atoms. The molecule has 0 bridgehead atoms. The number of aromatic nitrogens is 3. The molecule has 0 aliphatic heterocycles. The lowest BCUT2D eigenvalue weighted by molar-refractivity contribution is 0.415. The fourth-order valence-electron chi connectivity index (χ4n) is 4.57. The molecule has 3 aromatic carbocycles. The number of rotatable bonds is 6. The first kappa shape index (κ1) is 21.7. The number of anilines is 2. The second-order valence-corrected chi connectivity index (χ2v) is 8.68. The van der Waals surface area contributed by atoms with Crippen molar-refractivity contribution in [1.82, 2.24) is 14.5 Å². The Morgan fingerprint density at radius 2 is 1.56 bits per heavy atom. The van der Waals surface area contributed by atoms with Gasteiger partial charge in [0.05, 0.1) is 24.2 Å². The maximum Gasteiger partial charge on any atom is 0.146 e. The van der Waals surface area contributed by atoms with Gasteiger partial charge in [0, 0.05) is 5.69 Å². The van der Waals surface area contributed by atoms with E-state index in [2.05, 4.69) is 96.3 Å². The zero-order chi connectivity index (χ0) is 23.7. The molecule has 2 heterocycles. The summed E-state index contributed by atoms with van der Waals surface area (Å²) in [6, 6.07) is 27.4. The molecule has 1 atom stereocenters. The molecule has 5 nitrogen and oxygen atoms in total. The molecule has 0 saturated heterocycles. The Balaban J connectivity index is 1.69. The molecule has 5 aromatic rings. The molecule has 0 radical (unpaired) electrons. The summed E-state index contributed by atoms with van der Waals surface area (Å²) in [5.74, 6) is 1.63. The highest BCUT2D eigenvalue weighted by atomic mass is 16.5. The summed E-state index contributed by atoms with van der Waals surface area (Å²) >= 11 is 0. The van der Waals surface area contributed by atoms with Crippen molar-refractivity contribution in [2.24, 2.45) is 0 Å². The third-order valence-corrected chi connectivity index (χ3v) is 6.17. The minimum Gasteiger partial charge on any atom is -0.497 e. The molecule has 0 fully saturated rings. The number of nitrogens with zero attached hydrogens (tertiary/aromatic N) is 3.